The Bertz CT molecular complexity index is 814. The predicted octanol–water partition coefficient (Wildman–Crippen LogP) is 4.68. The number of hydrogen-bond acceptors (Lipinski definition) is 3. The van der Waals surface area contributed by atoms with E-state index in [1.807, 2.05) is 30.3 Å². The number of rotatable bonds is 2. The molecular weight excluding hydrogens is 283 g/mol. The minimum absolute atomic E-state index is 0.304. The Hall–Kier alpha value is -2.64. The van der Waals surface area contributed by atoms with Crippen LogP contribution in [-0.4, -0.2) is 0 Å². The summed E-state index contributed by atoms with van der Waals surface area (Å²) in [5.74, 6) is -0.304. The van der Waals surface area contributed by atoms with Gasteiger partial charge in [0.25, 0.3) is 0 Å². The zero-order valence-corrected chi connectivity index (χ0v) is 11.8. The maximum absolute atomic E-state index is 13.1. The molecule has 0 saturated heterocycles. The smallest absolute Gasteiger partial charge is 0.123 e. The van der Waals surface area contributed by atoms with Crippen molar-refractivity contribution in [1.82, 2.24) is 0 Å². The summed E-state index contributed by atoms with van der Waals surface area (Å²) in [6, 6.07) is 18.0. The molecule has 0 atom stereocenters. The molecule has 0 amide bonds. The minimum Gasteiger partial charge on any atom is -0.390 e. The van der Waals surface area contributed by atoms with Crippen LogP contribution in [0, 0.1) is 17.1 Å². The summed E-state index contributed by atoms with van der Waals surface area (Å²) in [4.78, 5) is 0.540. The maximum Gasteiger partial charge on any atom is 0.123 e. The molecule has 1 aromatic heterocycles. The van der Waals surface area contributed by atoms with Crippen LogP contribution in [0.4, 0.5) is 9.39 Å². The Kier molecular flexibility index (Phi) is 3.43. The fraction of sp³-hybridized carbons (Fsp3) is 0. The predicted molar refractivity (Wildman–Crippen MR) is 84.3 cm³/mol. The van der Waals surface area contributed by atoms with Crippen molar-refractivity contribution in [1.29, 1.82) is 5.26 Å². The van der Waals surface area contributed by atoms with Gasteiger partial charge in [-0.3, -0.25) is 0 Å². The van der Waals surface area contributed by atoms with Crippen molar-refractivity contribution in [3.8, 4) is 28.3 Å². The summed E-state index contributed by atoms with van der Waals surface area (Å²) in [6.45, 7) is 0. The van der Waals surface area contributed by atoms with Crippen molar-refractivity contribution in [3.05, 3.63) is 65.3 Å². The van der Waals surface area contributed by atoms with Gasteiger partial charge >= 0.3 is 0 Å². The van der Waals surface area contributed by atoms with Gasteiger partial charge in [0.15, 0.2) is 0 Å². The van der Waals surface area contributed by atoms with Crippen LogP contribution in [0.5, 0.6) is 0 Å². The van der Waals surface area contributed by atoms with E-state index in [4.69, 9.17) is 5.73 Å². The molecule has 4 heteroatoms. The molecule has 0 saturated carbocycles. The quantitative estimate of drug-likeness (QED) is 0.746. The lowest BCUT2D eigenvalue weighted by Gasteiger charge is -2.07. The number of nitriles is 1. The Labute approximate surface area is 125 Å². The van der Waals surface area contributed by atoms with Gasteiger partial charge in [-0.2, -0.15) is 5.26 Å². The number of anilines is 1. The van der Waals surface area contributed by atoms with Crippen LogP contribution in [0.2, 0.25) is 0 Å². The second-order valence-corrected chi connectivity index (χ2v) is 5.58. The normalized spacial score (nSPS) is 10.3. The Morgan fingerprint density at radius 2 is 1.52 bits per heavy atom. The molecule has 2 nitrogen and oxygen atoms in total. The van der Waals surface area contributed by atoms with Crippen molar-refractivity contribution in [2.45, 2.75) is 0 Å². The zero-order chi connectivity index (χ0) is 14.8. The van der Waals surface area contributed by atoms with Gasteiger partial charge < -0.3 is 5.73 Å². The lowest BCUT2D eigenvalue weighted by molar-refractivity contribution is 0.628. The van der Waals surface area contributed by atoms with E-state index >= 15 is 0 Å². The molecule has 0 bridgehead atoms. The van der Waals surface area contributed by atoms with Gasteiger partial charge in [-0.05, 0) is 23.3 Å². The molecule has 0 spiro atoms. The summed E-state index contributed by atoms with van der Waals surface area (Å²) >= 11 is 1.26. The fourth-order valence-electron chi connectivity index (χ4n) is 2.31. The number of benzene rings is 2. The molecule has 2 N–H and O–H groups in total. The van der Waals surface area contributed by atoms with E-state index in [1.54, 1.807) is 12.1 Å². The lowest BCUT2D eigenvalue weighted by atomic mass is 9.96. The first-order valence-corrected chi connectivity index (χ1v) is 7.16. The van der Waals surface area contributed by atoms with E-state index in [0.717, 1.165) is 22.3 Å². The summed E-state index contributed by atoms with van der Waals surface area (Å²) in [7, 11) is 0. The molecule has 0 fully saturated rings. The second-order valence-electron chi connectivity index (χ2n) is 4.53. The average Bonchev–Trinajstić information content (AvgIpc) is 2.85. The number of thiophene rings is 1. The number of nitrogens with two attached hydrogens (primary N) is 1. The van der Waals surface area contributed by atoms with Crippen molar-refractivity contribution >= 4 is 16.3 Å². The van der Waals surface area contributed by atoms with E-state index in [2.05, 4.69) is 6.07 Å². The molecule has 0 unspecified atom stereocenters. The van der Waals surface area contributed by atoms with Crippen LogP contribution in [0.25, 0.3) is 22.3 Å². The van der Waals surface area contributed by atoms with Crippen LogP contribution in [0.1, 0.15) is 4.88 Å². The van der Waals surface area contributed by atoms with Crippen LogP contribution in [0.15, 0.2) is 54.6 Å². The van der Waals surface area contributed by atoms with Crippen LogP contribution < -0.4 is 5.73 Å². The highest BCUT2D eigenvalue weighted by molar-refractivity contribution is 7.17. The molecule has 102 valence electrons. The van der Waals surface area contributed by atoms with E-state index in [1.165, 1.54) is 23.5 Å². The Morgan fingerprint density at radius 1 is 0.905 bits per heavy atom. The molecule has 21 heavy (non-hydrogen) atoms. The summed E-state index contributed by atoms with van der Waals surface area (Å²) < 4.78 is 13.1. The van der Waals surface area contributed by atoms with Crippen LogP contribution >= 0.6 is 11.3 Å². The topological polar surface area (TPSA) is 49.8 Å². The van der Waals surface area contributed by atoms with Gasteiger partial charge in [0.1, 0.15) is 16.8 Å². The second kappa shape index (κ2) is 5.39. The van der Waals surface area contributed by atoms with Crippen molar-refractivity contribution in [3.63, 3.8) is 0 Å². The molecule has 3 aromatic rings. The maximum atomic E-state index is 13.1. The van der Waals surface area contributed by atoms with Gasteiger partial charge in [-0.25, -0.2) is 4.39 Å². The first kappa shape index (κ1) is 13.3. The van der Waals surface area contributed by atoms with E-state index < -0.39 is 0 Å². The van der Waals surface area contributed by atoms with Gasteiger partial charge in [0.2, 0.25) is 0 Å². The molecule has 0 radical (unpaired) electrons. The highest BCUT2D eigenvalue weighted by Gasteiger charge is 2.19. The number of nitrogens with zero attached hydrogens (tertiary/aromatic N) is 1. The average molecular weight is 294 g/mol. The number of halogens is 1. The van der Waals surface area contributed by atoms with Crippen molar-refractivity contribution in [2.24, 2.45) is 0 Å². The van der Waals surface area contributed by atoms with Gasteiger partial charge in [-0.1, -0.05) is 42.5 Å². The van der Waals surface area contributed by atoms with Gasteiger partial charge in [-0.15, -0.1) is 11.3 Å². The number of hydrogen-bond donors (Lipinski definition) is 1. The van der Waals surface area contributed by atoms with Gasteiger partial charge in [0, 0.05) is 11.1 Å². The third kappa shape index (κ3) is 2.39. The van der Waals surface area contributed by atoms with E-state index in [-0.39, 0.29) is 5.82 Å². The lowest BCUT2D eigenvalue weighted by Crippen LogP contribution is -1.87. The zero-order valence-electron chi connectivity index (χ0n) is 11.0. The highest BCUT2D eigenvalue weighted by Crippen LogP contribution is 2.44. The van der Waals surface area contributed by atoms with E-state index in [0.29, 0.717) is 9.88 Å². The first-order valence-electron chi connectivity index (χ1n) is 6.34. The fourth-order valence-corrected chi connectivity index (χ4v) is 3.22. The Balaban J connectivity index is 2.28. The standard InChI is InChI=1S/C17H11FN2S/c18-13-8-6-12(7-9-13)15-14(10-19)21-17(20)16(15)11-4-2-1-3-5-11/h1-9H,20H2. The number of nitrogen functional groups attached to an aromatic ring is 1. The molecule has 0 aliphatic heterocycles. The molecule has 1 heterocycles. The van der Waals surface area contributed by atoms with Crippen molar-refractivity contribution < 1.29 is 4.39 Å². The molecule has 0 aliphatic rings. The molecule has 2 aromatic carbocycles. The molecule has 0 aliphatic carbocycles. The SMILES string of the molecule is N#Cc1sc(N)c(-c2ccccc2)c1-c1ccc(F)cc1. The third-order valence-corrected chi connectivity index (χ3v) is 4.16. The third-order valence-electron chi connectivity index (χ3n) is 3.23. The molecule has 3 rings (SSSR count). The molecular formula is C17H11FN2S. The van der Waals surface area contributed by atoms with Crippen LogP contribution in [0.3, 0.4) is 0 Å². The summed E-state index contributed by atoms with van der Waals surface area (Å²) in [5.41, 5.74) is 9.46. The first-order chi connectivity index (χ1) is 10.2. The summed E-state index contributed by atoms with van der Waals surface area (Å²) in [6.07, 6.45) is 0. The van der Waals surface area contributed by atoms with Crippen molar-refractivity contribution in [2.75, 3.05) is 5.73 Å². The van der Waals surface area contributed by atoms with E-state index in [9.17, 15) is 9.65 Å². The van der Waals surface area contributed by atoms with Crippen LogP contribution in [-0.2, 0) is 0 Å². The minimum atomic E-state index is -0.304. The highest BCUT2D eigenvalue weighted by atomic mass is 32.1. The largest absolute Gasteiger partial charge is 0.390 e. The summed E-state index contributed by atoms with van der Waals surface area (Å²) in [5, 5.41) is 9.94. The Morgan fingerprint density at radius 3 is 2.14 bits per heavy atom. The monoisotopic (exact) mass is 294 g/mol. The van der Waals surface area contributed by atoms with Gasteiger partial charge in [0.05, 0.1) is 5.00 Å².